The summed E-state index contributed by atoms with van der Waals surface area (Å²) in [5, 5.41) is 2.11. The molecule has 0 spiro atoms. The van der Waals surface area contributed by atoms with Crippen molar-refractivity contribution in [3.05, 3.63) is 29.3 Å². The Balaban J connectivity index is 3.23. The average Bonchev–Trinajstić information content (AvgIpc) is 2.08. The SMILES string of the molecule is CC(=O)Nc1cc(C(N)=O)c(F)cc1F. The molecule has 4 nitrogen and oxygen atoms in total. The summed E-state index contributed by atoms with van der Waals surface area (Å²) in [5.41, 5.74) is 4.10. The summed E-state index contributed by atoms with van der Waals surface area (Å²) < 4.78 is 26.0. The minimum Gasteiger partial charge on any atom is -0.366 e. The number of benzene rings is 1. The summed E-state index contributed by atoms with van der Waals surface area (Å²) in [7, 11) is 0. The van der Waals surface area contributed by atoms with Gasteiger partial charge in [0.15, 0.2) is 0 Å². The summed E-state index contributed by atoms with van der Waals surface area (Å²) in [6.07, 6.45) is 0. The maximum absolute atomic E-state index is 13.0. The molecule has 0 aliphatic carbocycles. The van der Waals surface area contributed by atoms with Crippen LogP contribution in [-0.2, 0) is 4.79 Å². The Hall–Kier alpha value is -1.98. The molecule has 3 N–H and O–H groups in total. The van der Waals surface area contributed by atoms with Gasteiger partial charge in [0.25, 0.3) is 5.91 Å². The number of primary amides is 1. The number of carbonyl (C=O) groups excluding carboxylic acids is 2. The number of carbonyl (C=O) groups is 2. The third-order valence-corrected chi connectivity index (χ3v) is 1.63. The number of amides is 2. The normalized spacial score (nSPS) is 9.80. The molecule has 2 amide bonds. The zero-order valence-corrected chi connectivity index (χ0v) is 7.80. The van der Waals surface area contributed by atoms with Crippen LogP contribution in [0.1, 0.15) is 17.3 Å². The average molecular weight is 214 g/mol. The fraction of sp³-hybridized carbons (Fsp3) is 0.111. The lowest BCUT2D eigenvalue weighted by Gasteiger charge is -2.06. The van der Waals surface area contributed by atoms with E-state index in [1.54, 1.807) is 0 Å². The molecule has 0 fully saturated rings. The first kappa shape index (κ1) is 11.1. The van der Waals surface area contributed by atoms with E-state index in [9.17, 15) is 18.4 Å². The maximum Gasteiger partial charge on any atom is 0.251 e. The predicted octanol–water partition coefficient (Wildman–Crippen LogP) is 1.02. The minimum absolute atomic E-state index is 0.280. The van der Waals surface area contributed by atoms with E-state index < -0.39 is 29.0 Å². The van der Waals surface area contributed by atoms with Gasteiger partial charge in [0.2, 0.25) is 5.91 Å². The molecule has 80 valence electrons. The first-order chi connectivity index (χ1) is 6.91. The molecule has 0 atom stereocenters. The Morgan fingerprint density at radius 2 is 1.87 bits per heavy atom. The second-order valence-electron chi connectivity index (χ2n) is 2.86. The van der Waals surface area contributed by atoms with Crippen LogP contribution in [0.5, 0.6) is 0 Å². The molecule has 0 aliphatic heterocycles. The number of nitrogens with one attached hydrogen (secondary N) is 1. The summed E-state index contributed by atoms with van der Waals surface area (Å²) in [5.74, 6) is -3.59. The van der Waals surface area contributed by atoms with Crippen molar-refractivity contribution in [2.75, 3.05) is 5.32 Å². The Morgan fingerprint density at radius 3 is 2.33 bits per heavy atom. The molecule has 0 unspecified atom stereocenters. The van der Waals surface area contributed by atoms with Crippen LogP contribution in [0.2, 0.25) is 0 Å². The molecule has 0 aromatic heterocycles. The van der Waals surface area contributed by atoms with Crippen molar-refractivity contribution in [1.82, 2.24) is 0 Å². The van der Waals surface area contributed by atoms with E-state index in [-0.39, 0.29) is 5.69 Å². The van der Waals surface area contributed by atoms with Gasteiger partial charge in [-0.25, -0.2) is 8.78 Å². The van der Waals surface area contributed by atoms with Gasteiger partial charge in [-0.2, -0.15) is 0 Å². The number of hydrogen-bond acceptors (Lipinski definition) is 2. The zero-order valence-electron chi connectivity index (χ0n) is 7.80. The van der Waals surface area contributed by atoms with E-state index in [0.717, 1.165) is 13.0 Å². The molecule has 1 aromatic carbocycles. The predicted molar refractivity (Wildman–Crippen MR) is 49.2 cm³/mol. The Morgan fingerprint density at radius 1 is 1.27 bits per heavy atom. The first-order valence-electron chi connectivity index (χ1n) is 3.98. The van der Waals surface area contributed by atoms with Gasteiger partial charge in [0.1, 0.15) is 11.6 Å². The van der Waals surface area contributed by atoms with Crippen LogP contribution in [0.25, 0.3) is 0 Å². The maximum atomic E-state index is 13.0. The molecule has 0 bridgehead atoms. The van der Waals surface area contributed by atoms with Crippen LogP contribution in [0, 0.1) is 11.6 Å². The second-order valence-corrected chi connectivity index (χ2v) is 2.86. The molecular weight excluding hydrogens is 206 g/mol. The number of anilines is 1. The summed E-state index contributed by atoms with van der Waals surface area (Å²) in [6, 6.07) is 1.35. The number of nitrogens with two attached hydrogens (primary N) is 1. The highest BCUT2D eigenvalue weighted by molar-refractivity contribution is 5.96. The number of rotatable bonds is 2. The van der Waals surface area contributed by atoms with Crippen LogP contribution in [0.15, 0.2) is 12.1 Å². The lowest BCUT2D eigenvalue weighted by Crippen LogP contribution is -2.15. The van der Waals surface area contributed by atoms with Crippen molar-refractivity contribution in [3.63, 3.8) is 0 Å². The lowest BCUT2D eigenvalue weighted by molar-refractivity contribution is -0.114. The van der Waals surface area contributed by atoms with E-state index in [0.29, 0.717) is 6.07 Å². The van der Waals surface area contributed by atoms with E-state index in [1.807, 2.05) is 0 Å². The van der Waals surface area contributed by atoms with Crippen LogP contribution < -0.4 is 11.1 Å². The van der Waals surface area contributed by atoms with Gasteiger partial charge in [-0.3, -0.25) is 9.59 Å². The standard InChI is InChI=1S/C9H8F2N2O2/c1-4(14)13-8-2-5(9(12)15)6(10)3-7(8)11/h2-3H,1H3,(H2,12,15)(H,13,14). The quantitative estimate of drug-likeness (QED) is 0.771. The molecule has 6 heteroatoms. The monoisotopic (exact) mass is 214 g/mol. The summed E-state index contributed by atoms with van der Waals surface area (Å²) in [4.78, 5) is 21.4. The fourth-order valence-electron chi connectivity index (χ4n) is 1.02. The largest absolute Gasteiger partial charge is 0.366 e. The van der Waals surface area contributed by atoms with Gasteiger partial charge < -0.3 is 11.1 Å². The van der Waals surface area contributed by atoms with Crippen LogP contribution in [0.3, 0.4) is 0 Å². The Kier molecular flexibility index (Phi) is 2.99. The van der Waals surface area contributed by atoms with Crippen LogP contribution in [0.4, 0.5) is 14.5 Å². The molecular formula is C9H8F2N2O2. The molecule has 1 rings (SSSR count). The minimum atomic E-state index is -1.06. The van der Waals surface area contributed by atoms with Crippen molar-refractivity contribution >= 4 is 17.5 Å². The van der Waals surface area contributed by atoms with Crippen molar-refractivity contribution in [3.8, 4) is 0 Å². The zero-order chi connectivity index (χ0) is 11.6. The summed E-state index contributed by atoms with van der Waals surface area (Å²) >= 11 is 0. The van der Waals surface area contributed by atoms with Gasteiger partial charge >= 0.3 is 0 Å². The van der Waals surface area contributed by atoms with Crippen LogP contribution >= 0.6 is 0 Å². The third kappa shape index (κ3) is 2.49. The van der Waals surface area contributed by atoms with Gasteiger partial charge in [-0.15, -0.1) is 0 Å². The molecule has 0 saturated carbocycles. The molecule has 0 aliphatic rings. The highest BCUT2D eigenvalue weighted by atomic mass is 19.1. The van der Waals surface area contributed by atoms with Gasteiger partial charge in [-0.1, -0.05) is 0 Å². The lowest BCUT2D eigenvalue weighted by atomic mass is 10.1. The van der Waals surface area contributed by atoms with Gasteiger partial charge in [-0.05, 0) is 6.07 Å². The molecule has 1 aromatic rings. The van der Waals surface area contributed by atoms with Gasteiger partial charge in [0.05, 0.1) is 11.3 Å². The van der Waals surface area contributed by atoms with Crippen LogP contribution in [-0.4, -0.2) is 11.8 Å². The number of hydrogen-bond donors (Lipinski definition) is 2. The second kappa shape index (κ2) is 4.04. The van der Waals surface area contributed by atoms with E-state index in [4.69, 9.17) is 5.73 Å². The van der Waals surface area contributed by atoms with Crippen molar-refractivity contribution in [2.24, 2.45) is 5.73 Å². The fourth-order valence-corrected chi connectivity index (χ4v) is 1.02. The van der Waals surface area contributed by atoms with E-state index >= 15 is 0 Å². The summed E-state index contributed by atoms with van der Waals surface area (Å²) in [6.45, 7) is 1.16. The highest BCUT2D eigenvalue weighted by Crippen LogP contribution is 2.19. The van der Waals surface area contributed by atoms with E-state index in [1.165, 1.54) is 0 Å². The van der Waals surface area contributed by atoms with Crippen molar-refractivity contribution in [1.29, 1.82) is 0 Å². The Bertz CT molecular complexity index is 432. The third-order valence-electron chi connectivity index (χ3n) is 1.63. The Labute approximate surface area is 84.1 Å². The van der Waals surface area contributed by atoms with Gasteiger partial charge in [0, 0.05) is 13.0 Å². The smallest absolute Gasteiger partial charge is 0.251 e. The first-order valence-corrected chi connectivity index (χ1v) is 3.98. The molecule has 0 radical (unpaired) electrons. The van der Waals surface area contributed by atoms with E-state index in [2.05, 4.69) is 5.32 Å². The molecule has 15 heavy (non-hydrogen) atoms. The van der Waals surface area contributed by atoms with Crippen molar-refractivity contribution in [2.45, 2.75) is 6.92 Å². The number of halogens is 2. The molecule has 0 saturated heterocycles. The molecule has 0 heterocycles. The highest BCUT2D eigenvalue weighted by Gasteiger charge is 2.14. The topological polar surface area (TPSA) is 72.2 Å². The van der Waals surface area contributed by atoms with Crippen molar-refractivity contribution < 1.29 is 18.4 Å².